The second-order valence-corrected chi connectivity index (χ2v) is 4.34. The van der Waals surface area contributed by atoms with Crippen LogP contribution in [-0.4, -0.2) is 22.5 Å². The zero-order chi connectivity index (χ0) is 13.5. The fourth-order valence-corrected chi connectivity index (χ4v) is 1.75. The molecule has 0 fully saturated rings. The van der Waals surface area contributed by atoms with E-state index in [-0.39, 0.29) is 10.8 Å². The number of ether oxygens (including phenoxy) is 1. The van der Waals surface area contributed by atoms with Crippen LogP contribution in [0.3, 0.4) is 0 Å². The predicted molar refractivity (Wildman–Crippen MR) is 72.1 cm³/mol. The summed E-state index contributed by atoms with van der Waals surface area (Å²) in [6, 6.07) is 10.0. The third-order valence-electron chi connectivity index (χ3n) is 2.50. The molecule has 1 heterocycles. The predicted octanol–water partition coefficient (Wildman–Crippen LogP) is 2.92. The molecule has 5 heteroatoms. The van der Waals surface area contributed by atoms with Gasteiger partial charge in [-0.15, -0.1) is 0 Å². The van der Waals surface area contributed by atoms with E-state index in [1.165, 1.54) is 18.0 Å². The van der Waals surface area contributed by atoms with Gasteiger partial charge in [-0.2, -0.15) is 0 Å². The highest BCUT2D eigenvalue weighted by molar-refractivity contribution is 6.29. The van der Waals surface area contributed by atoms with Crippen molar-refractivity contribution in [1.29, 1.82) is 0 Å². The molecule has 0 saturated carbocycles. The summed E-state index contributed by atoms with van der Waals surface area (Å²) < 4.78 is 5.10. The summed E-state index contributed by atoms with van der Waals surface area (Å²) in [5.74, 6) is -0.497. The van der Waals surface area contributed by atoms with Gasteiger partial charge in [0.05, 0.1) is 19.0 Å². The van der Waals surface area contributed by atoms with Crippen molar-refractivity contribution >= 4 is 17.6 Å². The van der Waals surface area contributed by atoms with Crippen molar-refractivity contribution in [2.75, 3.05) is 6.61 Å². The normalized spacial score (nSPS) is 10.2. The van der Waals surface area contributed by atoms with Crippen LogP contribution in [0.5, 0.6) is 0 Å². The topological polar surface area (TPSA) is 52.1 Å². The van der Waals surface area contributed by atoms with Gasteiger partial charge in [-0.05, 0) is 18.4 Å². The van der Waals surface area contributed by atoms with Crippen LogP contribution in [-0.2, 0) is 11.2 Å². The van der Waals surface area contributed by atoms with E-state index < -0.39 is 5.97 Å². The minimum Gasteiger partial charge on any atom is -0.461 e. The first kappa shape index (κ1) is 13.5. The Kier molecular flexibility index (Phi) is 4.86. The molecule has 0 amide bonds. The molecule has 0 aliphatic carbocycles. The molecule has 1 aromatic heterocycles. The SMILES string of the molecule is O=C(OCCCc1ccccc1)c1cncc(Cl)n1. The second-order valence-electron chi connectivity index (χ2n) is 3.95. The molecule has 0 aliphatic heterocycles. The zero-order valence-corrected chi connectivity index (χ0v) is 11.0. The smallest absolute Gasteiger partial charge is 0.358 e. The molecule has 0 radical (unpaired) electrons. The zero-order valence-electron chi connectivity index (χ0n) is 10.3. The molecule has 0 saturated heterocycles. The van der Waals surface area contributed by atoms with E-state index >= 15 is 0 Å². The van der Waals surface area contributed by atoms with E-state index in [0.29, 0.717) is 6.61 Å². The van der Waals surface area contributed by atoms with Crippen LogP contribution >= 0.6 is 11.6 Å². The number of benzene rings is 1. The number of carbonyl (C=O) groups is 1. The number of aryl methyl sites for hydroxylation is 1. The number of hydrogen-bond acceptors (Lipinski definition) is 4. The quantitative estimate of drug-likeness (QED) is 0.622. The van der Waals surface area contributed by atoms with Crippen molar-refractivity contribution < 1.29 is 9.53 Å². The number of halogens is 1. The van der Waals surface area contributed by atoms with Gasteiger partial charge in [0.25, 0.3) is 0 Å². The molecule has 0 N–H and O–H groups in total. The Bertz CT molecular complexity index is 546. The summed E-state index contributed by atoms with van der Waals surface area (Å²) in [5, 5.41) is 0.179. The third kappa shape index (κ3) is 4.34. The first-order valence-corrected chi connectivity index (χ1v) is 6.32. The van der Waals surface area contributed by atoms with E-state index in [4.69, 9.17) is 16.3 Å². The highest BCUT2D eigenvalue weighted by Gasteiger charge is 2.09. The Morgan fingerprint density at radius 3 is 2.74 bits per heavy atom. The Labute approximate surface area is 116 Å². The van der Waals surface area contributed by atoms with Crippen molar-refractivity contribution in [3.63, 3.8) is 0 Å². The van der Waals surface area contributed by atoms with Crippen LogP contribution < -0.4 is 0 Å². The van der Waals surface area contributed by atoms with E-state index in [1.807, 2.05) is 30.3 Å². The standard InChI is InChI=1S/C14H13ClN2O2/c15-13-10-16-9-12(17-13)14(18)19-8-4-7-11-5-2-1-3-6-11/h1-3,5-6,9-10H,4,7-8H2. The van der Waals surface area contributed by atoms with Gasteiger partial charge in [0.15, 0.2) is 5.69 Å². The van der Waals surface area contributed by atoms with Crippen LogP contribution in [0.15, 0.2) is 42.7 Å². The molecule has 0 bridgehead atoms. The Hall–Kier alpha value is -1.94. The van der Waals surface area contributed by atoms with Crippen LogP contribution in [0.25, 0.3) is 0 Å². The monoisotopic (exact) mass is 276 g/mol. The van der Waals surface area contributed by atoms with Gasteiger partial charge in [-0.3, -0.25) is 4.98 Å². The number of nitrogens with zero attached hydrogens (tertiary/aromatic N) is 2. The highest BCUT2D eigenvalue weighted by atomic mass is 35.5. The van der Waals surface area contributed by atoms with Crippen LogP contribution in [0.2, 0.25) is 5.15 Å². The van der Waals surface area contributed by atoms with Crippen molar-refractivity contribution in [3.05, 3.63) is 59.1 Å². The van der Waals surface area contributed by atoms with E-state index in [0.717, 1.165) is 12.8 Å². The van der Waals surface area contributed by atoms with Gasteiger partial charge in [0, 0.05) is 0 Å². The molecular weight excluding hydrogens is 264 g/mol. The minimum absolute atomic E-state index is 0.132. The average molecular weight is 277 g/mol. The number of carbonyl (C=O) groups excluding carboxylic acids is 1. The van der Waals surface area contributed by atoms with Crippen molar-refractivity contribution in [2.45, 2.75) is 12.8 Å². The molecule has 0 unspecified atom stereocenters. The summed E-state index contributed by atoms with van der Waals surface area (Å²) in [6.45, 7) is 0.349. The van der Waals surface area contributed by atoms with E-state index in [9.17, 15) is 4.79 Å². The lowest BCUT2D eigenvalue weighted by Crippen LogP contribution is -2.09. The molecule has 0 spiro atoms. The first-order chi connectivity index (χ1) is 9.25. The highest BCUT2D eigenvalue weighted by Crippen LogP contribution is 2.05. The maximum absolute atomic E-state index is 11.6. The maximum atomic E-state index is 11.6. The Morgan fingerprint density at radius 2 is 2.00 bits per heavy atom. The van der Waals surface area contributed by atoms with Gasteiger partial charge in [-0.1, -0.05) is 41.9 Å². The van der Waals surface area contributed by atoms with Crippen LogP contribution in [0, 0.1) is 0 Å². The fraction of sp³-hybridized carbons (Fsp3) is 0.214. The molecule has 0 atom stereocenters. The number of rotatable bonds is 5. The Balaban J connectivity index is 1.75. The van der Waals surface area contributed by atoms with E-state index in [2.05, 4.69) is 9.97 Å². The lowest BCUT2D eigenvalue weighted by atomic mass is 10.1. The summed E-state index contributed by atoms with van der Waals surface area (Å²) in [7, 11) is 0. The Morgan fingerprint density at radius 1 is 1.21 bits per heavy atom. The molecule has 1 aromatic carbocycles. The average Bonchev–Trinajstić information content (AvgIpc) is 2.44. The molecular formula is C14H13ClN2O2. The third-order valence-corrected chi connectivity index (χ3v) is 2.68. The van der Waals surface area contributed by atoms with Crippen LogP contribution in [0.4, 0.5) is 0 Å². The van der Waals surface area contributed by atoms with Gasteiger partial charge in [0.2, 0.25) is 0 Å². The van der Waals surface area contributed by atoms with Gasteiger partial charge in [-0.25, -0.2) is 9.78 Å². The largest absolute Gasteiger partial charge is 0.461 e. The molecule has 4 nitrogen and oxygen atoms in total. The number of hydrogen-bond donors (Lipinski definition) is 0. The number of aromatic nitrogens is 2. The minimum atomic E-state index is -0.497. The van der Waals surface area contributed by atoms with E-state index in [1.54, 1.807) is 0 Å². The number of esters is 1. The van der Waals surface area contributed by atoms with Gasteiger partial charge < -0.3 is 4.74 Å². The van der Waals surface area contributed by atoms with Crippen LogP contribution in [0.1, 0.15) is 22.5 Å². The molecule has 2 aromatic rings. The lowest BCUT2D eigenvalue weighted by molar-refractivity contribution is 0.0493. The molecule has 0 aliphatic rings. The summed E-state index contributed by atoms with van der Waals surface area (Å²) in [6.07, 6.45) is 4.35. The van der Waals surface area contributed by atoms with Crippen molar-refractivity contribution in [2.24, 2.45) is 0 Å². The van der Waals surface area contributed by atoms with Gasteiger partial charge >= 0.3 is 5.97 Å². The van der Waals surface area contributed by atoms with Gasteiger partial charge in [0.1, 0.15) is 5.15 Å². The summed E-state index contributed by atoms with van der Waals surface area (Å²) in [5.41, 5.74) is 1.35. The molecule has 98 valence electrons. The summed E-state index contributed by atoms with van der Waals surface area (Å²) in [4.78, 5) is 19.2. The fourth-order valence-electron chi connectivity index (χ4n) is 1.60. The van der Waals surface area contributed by atoms with Crippen molar-refractivity contribution in [1.82, 2.24) is 9.97 Å². The lowest BCUT2D eigenvalue weighted by Gasteiger charge is -2.04. The maximum Gasteiger partial charge on any atom is 0.358 e. The van der Waals surface area contributed by atoms with Crippen molar-refractivity contribution in [3.8, 4) is 0 Å². The second kappa shape index (κ2) is 6.85. The molecule has 2 rings (SSSR count). The molecule has 19 heavy (non-hydrogen) atoms. The first-order valence-electron chi connectivity index (χ1n) is 5.94. The summed E-state index contributed by atoms with van der Waals surface area (Å²) >= 11 is 5.65.